The van der Waals surface area contributed by atoms with E-state index in [4.69, 9.17) is 0 Å². The average molecular weight is 244 g/mol. The van der Waals surface area contributed by atoms with Crippen LogP contribution in [0.5, 0.6) is 0 Å². The first kappa shape index (κ1) is 9.51. The van der Waals surface area contributed by atoms with Crippen LogP contribution in [-0.2, 0) is 0 Å². The fourth-order valence-electron chi connectivity index (χ4n) is 3.45. The Morgan fingerprint density at radius 2 is 1.32 bits per heavy atom. The zero-order valence-corrected chi connectivity index (χ0v) is 10.1. The van der Waals surface area contributed by atoms with Crippen molar-refractivity contribution in [3.63, 3.8) is 0 Å². The minimum Gasteiger partial charge on any atom is -0.206 e. The standard InChI is InChI=1S/C18H9F/c19-15-9-8-13-12-3-1-2-10-4-5-11-6-7-14(15)18(13)17(11)16(10)12/h1-9H. The maximum atomic E-state index is 14.0. The van der Waals surface area contributed by atoms with Gasteiger partial charge in [-0.3, -0.25) is 0 Å². The number of fused-ring (bicyclic) bond motifs is 1. The Morgan fingerprint density at radius 3 is 2.21 bits per heavy atom. The predicted octanol–water partition coefficient (Wildman–Crippen LogP) is 5.27. The van der Waals surface area contributed by atoms with Crippen molar-refractivity contribution in [3.8, 4) is 11.1 Å². The smallest absolute Gasteiger partial charge is 0.131 e. The van der Waals surface area contributed by atoms with Crippen molar-refractivity contribution in [3.05, 3.63) is 60.4 Å². The van der Waals surface area contributed by atoms with Gasteiger partial charge in [-0.2, -0.15) is 0 Å². The first-order valence-electron chi connectivity index (χ1n) is 6.42. The summed E-state index contributed by atoms with van der Waals surface area (Å²) in [4.78, 5) is 0. The van der Waals surface area contributed by atoms with Crippen molar-refractivity contribution in [1.29, 1.82) is 0 Å². The van der Waals surface area contributed by atoms with Gasteiger partial charge >= 0.3 is 0 Å². The van der Waals surface area contributed by atoms with Gasteiger partial charge in [-0.25, -0.2) is 4.39 Å². The number of benzene rings is 4. The molecule has 19 heavy (non-hydrogen) atoms. The van der Waals surface area contributed by atoms with Crippen LogP contribution in [0.2, 0.25) is 0 Å². The lowest BCUT2D eigenvalue weighted by Crippen LogP contribution is -1.81. The molecule has 88 valence electrons. The summed E-state index contributed by atoms with van der Waals surface area (Å²) in [6.07, 6.45) is 0. The first-order valence-corrected chi connectivity index (χ1v) is 6.42. The van der Waals surface area contributed by atoms with Crippen molar-refractivity contribution in [1.82, 2.24) is 0 Å². The molecule has 0 aliphatic heterocycles. The van der Waals surface area contributed by atoms with Gasteiger partial charge in [-0.15, -0.1) is 0 Å². The summed E-state index contributed by atoms with van der Waals surface area (Å²) >= 11 is 0. The van der Waals surface area contributed by atoms with Gasteiger partial charge in [0.05, 0.1) is 0 Å². The van der Waals surface area contributed by atoms with Crippen LogP contribution in [0.15, 0.2) is 54.6 Å². The van der Waals surface area contributed by atoms with Crippen molar-refractivity contribution >= 4 is 32.3 Å². The van der Waals surface area contributed by atoms with Crippen molar-refractivity contribution < 1.29 is 4.39 Å². The van der Waals surface area contributed by atoms with Crippen LogP contribution in [0.3, 0.4) is 0 Å². The van der Waals surface area contributed by atoms with E-state index in [9.17, 15) is 4.39 Å². The Morgan fingerprint density at radius 1 is 0.579 bits per heavy atom. The minimum atomic E-state index is -0.134. The zero-order chi connectivity index (χ0) is 12.6. The van der Waals surface area contributed by atoms with Crippen LogP contribution >= 0.6 is 0 Å². The highest BCUT2D eigenvalue weighted by Gasteiger charge is 2.20. The Labute approximate surface area is 109 Å². The molecule has 4 aromatic carbocycles. The van der Waals surface area contributed by atoms with Gasteiger partial charge in [-0.1, -0.05) is 48.5 Å². The van der Waals surface area contributed by atoms with E-state index in [1.54, 1.807) is 6.07 Å². The first-order chi connectivity index (χ1) is 9.34. The van der Waals surface area contributed by atoms with Gasteiger partial charge < -0.3 is 0 Å². The summed E-state index contributed by atoms with van der Waals surface area (Å²) < 4.78 is 14.0. The van der Waals surface area contributed by atoms with E-state index in [1.807, 2.05) is 18.2 Å². The molecule has 0 spiro atoms. The second-order valence-electron chi connectivity index (χ2n) is 5.15. The van der Waals surface area contributed by atoms with E-state index in [0.29, 0.717) is 0 Å². The molecular formula is C18H9F. The van der Waals surface area contributed by atoms with Crippen molar-refractivity contribution in [2.75, 3.05) is 0 Å². The van der Waals surface area contributed by atoms with Crippen LogP contribution < -0.4 is 0 Å². The number of hydrogen-bond acceptors (Lipinski definition) is 0. The van der Waals surface area contributed by atoms with E-state index >= 15 is 0 Å². The average Bonchev–Trinajstić information content (AvgIpc) is 2.79. The predicted molar refractivity (Wildman–Crippen MR) is 77.9 cm³/mol. The fourth-order valence-corrected chi connectivity index (χ4v) is 3.45. The molecule has 0 atom stereocenters. The Bertz CT molecular complexity index is 1010. The van der Waals surface area contributed by atoms with Crippen LogP contribution in [-0.4, -0.2) is 0 Å². The maximum Gasteiger partial charge on any atom is 0.131 e. The summed E-state index contributed by atoms with van der Waals surface area (Å²) in [7, 11) is 0. The van der Waals surface area contributed by atoms with Gasteiger partial charge in [0.15, 0.2) is 0 Å². The lowest BCUT2D eigenvalue weighted by molar-refractivity contribution is 0.640. The molecule has 0 amide bonds. The lowest BCUT2D eigenvalue weighted by atomic mass is 10.0. The molecule has 0 N–H and O–H groups in total. The van der Waals surface area contributed by atoms with Gasteiger partial charge in [0.2, 0.25) is 0 Å². The normalized spacial score (nSPS) is 12.5. The van der Waals surface area contributed by atoms with E-state index in [0.717, 1.165) is 16.3 Å². The molecule has 0 saturated carbocycles. The molecule has 0 saturated heterocycles. The number of rotatable bonds is 0. The van der Waals surface area contributed by atoms with E-state index in [2.05, 4.69) is 30.3 Å². The molecule has 0 heterocycles. The molecular weight excluding hydrogens is 235 g/mol. The summed E-state index contributed by atoms with van der Waals surface area (Å²) in [6, 6.07) is 18.0. The molecule has 1 aliphatic rings. The molecule has 5 rings (SSSR count). The molecule has 0 nitrogen and oxygen atoms in total. The third-order valence-electron chi connectivity index (χ3n) is 4.24. The summed E-state index contributed by atoms with van der Waals surface area (Å²) in [5.74, 6) is -0.134. The van der Waals surface area contributed by atoms with Crippen molar-refractivity contribution in [2.24, 2.45) is 0 Å². The highest BCUT2D eigenvalue weighted by molar-refractivity contribution is 6.32. The molecule has 4 aromatic rings. The second-order valence-corrected chi connectivity index (χ2v) is 5.15. The Hall–Kier alpha value is -2.41. The van der Waals surface area contributed by atoms with Crippen LogP contribution in [0.1, 0.15) is 0 Å². The molecule has 0 aromatic heterocycles. The van der Waals surface area contributed by atoms with E-state index < -0.39 is 0 Å². The molecule has 1 heteroatoms. The van der Waals surface area contributed by atoms with Gasteiger partial charge in [0.1, 0.15) is 5.82 Å². The zero-order valence-electron chi connectivity index (χ0n) is 10.1. The van der Waals surface area contributed by atoms with Crippen LogP contribution in [0.25, 0.3) is 43.4 Å². The highest BCUT2D eigenvalue weighted by atomic mass is 19.1. The lowest BCUT2D eigenvalue weighted by Gasteiger charge is -2.04. The third-order valence-corrected chi connectivity index (χ3v) is 4.24. The Balaban J connectivity index is 2.28. The monoisotopic (exact) mass is 244 g/mol. The van der Waals surface area contributed by atoms with Gasteiger partial charge in [-0.05, 0) is 38.7 Å². The van der Waals surface area contributed by atoms with E-state index in [1.165, 1.54) is 27.1 Å². The quantitative estimate of drug-likeness (QED) is 0.326. The van der Waals surface area contributed by atoms with Gasteiger partial charge in [0.25, 0.3) is 0 Å². The molecule has 0 unspecified atom stereocenters. The summed E-state index contributed by atoms with van der Waals surface area (Å²) in [6.45, 7) is 0. The largest absolute Gasteiger partial charge is 0.206 e. The maximum absolute atomic E-state index is 14.0. The van der Waals surface area contributed by atoms with E-state index in [-0.39, 0.29) is 5.82 Å². The number of halogens is 1. The molecule has 0 bridgehead atoms. The summed E-state index contributed by atoms with van der Waals surface area (Å²) in [5.41, 5.74) is 2.39. The SMILES string of the molecule is Fc1ccc2c3c1ccc1ccc4cccc-2c4c13. The molecule has 0 fully saturated rings. The highest BCUT2D eigenvalue weighted by Crippen LogP contribution is 2.47. The Kier molecular flexibility index (Phi) is 1.47. The van der Waals surface area contributed by atoms with Crippen LogP contribution in [0, 0.1) is 5.82 Å². The topological polar surface area (TPSA) is 0 Å². The number of hydrogen-bond donors (Lipinski definition) is 0. The fraction of sp³-hybridized carbons (Fsp3) is 0. The second kappa shape index (κ2) is 2.94. The third kappa shape index (κ3) is 0.966. The molecule has 0 radical (unpaired) electrons. The van der Waals surface area contributed by atoms with Crippen LogP contribution in [0.4, 0.5) is 4.39 Å². The van der Waals surface area contributed by atoms with Crippen molar-refractivity contribution in [2.45, 2.75) is 0 Å². The summed E-state index contributed by atoms with van der Waals surface area (Å²) in [5, 5.41) is 6.70. The minimum absolute atomic E-state index is 0.134. The van der Waals surface area contributed by atoms with Gasteiger partial charge in [0, 0.05) is 10.8 Å². The molecule has 1 aliphatic carbocycles.